The van der Waals surface area contributed by atoms with Gasteiger partial charge in [0.05, 0.1) is 0 Å². The van der Waals surface area contributed by atoms with Crippen LogP contribution in [0, 0.1) is 18.3 Å². The van der Waals surface area contributed by atoms with E-state index in [1.165, 1.54) is 0 Å². The zero-order chi connectivity index (χ0) is 8.10. The Hall–Kier alpha value is -0.810. The average Bonchev–Trinajstić information content (AvgIpc) is 2.06. The highest BCUT2D eigenvalue weighted by molar-refractivity contribution is 5.55. The molecule has 2 atom stereocenters. The lowest BCUT2D eigenvalue weighted by molar-refractivity contribution is -0.112. The van der Waals surface area contributed by atoms with Gasteiger partial charge in [0.15, 0.2) is 0 Å². The van der Waals surface area contributed by atoms with E-state index in [9.17, 15) is 4.79 Å². The van der Waals surface area contributed by atoms with Gasteiger partial charge >= 0.3 is 0 Å². The van der Waals surface area contributed by atoms with E-state index in [0.717, 1.165) is 25.7 Å². The van der Waals surface area contributed by atoms with Crippen molar-refractivity contribution >= 4 is 6.29 Å². The number of hydrogen-bond acceptors (Lipinski definition) is 2. The second kappa shape index (κ2) is 4.15. The molecule has 11 heavy (non-hydrogen) atoms. The summed E-state index contributed by atoms with van der Waals surface area (Å²) in [7, 11) is 0. The van der Waals surface area contributed by atoms with Gasteiger partial charge in [-0.3, -0.25) is 0 Å². The SMILES string of the molecule is C#CCC1NCCCC1C=O. The smallest absolute Gasteiger partial charge is 0.124 e. The lowest BCUT2D eigenvalue weighted by Crippen LogP contribution is -2.41. The first-order chi connectivity index (χ1) is 5.38. The highest BCUT2D eigenvalue weighted by Crippen LogP contribution is 2.15. The maximum absolute atomic E-state index is 10.5. The van der Waals surface area contributed by atoms with Gasteiger partial charge in [-0.15, -0.1) is 12.3 Å². The van der Waals surface area contributed by atoms with Gasteiger partial charge in [-0.05, 0) is 19.4 Å². The third-order valence-corrected chi connectivity index (χ3v) is 2.15. The van der Waals surface area contributed by atoms with Crippen molar-refractivity contribution in [3.63, 3.8) is 0 Å². The minimum absolute atomic E-state index is 0.139. The summed E-state index contributed by atoms with van der Waals surface area (Å²) in [5.74, 6) is 2.72. The summed E-state index contributed by atoms with van der Waals surface area (Å²) in [6, 6.07) is 0.228. The van der Waals surface area contributed by atoms with Gasteiger partial charge in [0.1, 0.15) is 6.29 Å². The third-order valence-electron chi connectivity index (χ3n) is 2.15. The minimum Gasteiger partial charge on any atom is -0.312 e. The van der Waals surface area contributed by atoms with E-state index in [0.29, 0.717) is 6.42 Å². The highest BCUT2D eigenvalue weighted by atomic mass is 16.1. The molecule has 0 aliphatic carbocycles. The summed E-state index contributed by atoms with van der Waals surface area (Å²) in [4.78, 5) is 10.5. The summed E-state index contributed by atoms with van der Waals surface area (Å²) in [6.45, 7) is 0.997. The molecule has 0 aromatic carbocycles. The zero-order valence-electron chi connectivity index (χ0n) is 6.55. The topological polar surface area (TPSA) is 29.1 Å². The van der Waals surface area contributed by atoms with Crippen LogP contribution < -0.4 is 5.32 Å². The van der Waals surface area contributed by atoms with Crippen molar-refractivity contribution in [1.29, 1.82) is 0 Å². The second-order valence-electron chi connectivity index (χ2n) is 2.91. The summed E-state index contributed by atoms with van der Waals surface area (Å²) in [6.07, 6.45) is 8.94. The summed E-state index contributed by atoms with van der Waals surface area (Å²) in [5.41, 5.74) is 0. The van der Waals surface area contributed by atoms with Crippen molar-refractivity contribution in [3.05, 3.63) is 0 Å². The molecule has 0 bridgehead atoms. The molecule has 0 spiro atoms. The van der Waals surface area contributed by atoms with E-state index in [1.54, 1.807) is 0 Å². The molecule has 0 aromatic heterocycles. The van der Waals surface area contributed by atoms with Gasteiger partial charge in [0.25, 0.3) is 0 Å². The fourth-order valence-electron chi connectivity index (χ4n) is 1.49. The lowest BCUT2D eigenvalue weighted by atomic mass is 9.90. The molecule has 0 aromatic rings. The van der Waals surface area contributed by atoms with Crippen molar-refractivity contribution in [2.75, 3.05) is 6.54 Å². The normalized spacial score (nSPS) is 30.8. The molecule has 60 valence electrons. The van der Waals surface area contributed by atoms with Crippen molar-refractivity contribution in [2.24, 2.45) is 5.92 Å². The molecule has 0 amide bonds. The van der Waals surface area contributed by atoms with Crippen LogP contribution in [0.15, 0.2) is 0 Å². The number of nitrogens with one attached hydrogen (secondary N) is 1. The molecule has 1 heterocycles. The van der Waals surface area contributed by atoms with Crippen LogP contribution in [0.3, 0.4) is 0 Å². The van der Waals surface area contributed by atoms with E-state index < -0.39 is 0 Å². The van der Waals surface area contributed by atoms with Gasteiger partial charge in [-0.25, -0.2) is 0 Å². The Morgan fingerprint density at radius 2 is 2.55 bits per heavy atom. The van der Waals surface area contributed by atoms with E-state index >= 15 is 0 Å². The van der Waals surface area contributed by atoms with Gasteiger partial charge in [-0.1, -0.05) is 0 Å². The molecular formula is C9H13NO. The van der Waals surface area contributed by atoms with Crippen molar-refractivity contribution in [2.45, 2.75) is 25.3 Å². The van der Waals surface area contributed by atoms with Crippen LogP contribution >= 0.6 is 0 Å². The predicted molar refractivity (Wildman–Crippen MR) is 44.0 cm³/mol. The molecule has 1 aliphatic heterocycles. The Balaban J connectivity index is 2.45. The largest absolute Gasteiger partial charge is 0.312 e. The third kappa shape index (κ3) is 2.06. The number of carbonyl (C=O) groups excluding carboxylic acids is 1. The molecule has 0 radical (unpaired) electrons. The molecule has 1 fully saturated rings. The lowest BCUT2D eigenvalue weighted by Gasteiger charge is -2.27. The minimum atomic E-state index is 0.139. The van der Waals surface area contributed by atoms with E-state index in [-0.39, 0.29) is 12.0 Å². The Morgan fingerprint density at radius 3 is 3.18 bits per heavy atom. The maximum atomic E-state index is 10.5. The van der Waals surface area contributed by atoms with Gasteiger partial charge in [0.2, 0.25) is 0 Å². The van der Waals surface area contributed by atoms with Gasteiger partial charge in [-0.2, -0.15) is 0 Å². The van der Waals surface area contributed by atoms with Gasteiger partial charge < -0.3 is 10.1 Å². The van der Waals surface area contributed by atoms with Crippen LogP contribution in [0.5, 0.6) is 0 Å². The monoisotopic (exact) mass is 151 g/mol. The first kappa shape index (κ1) is 8.29. The quantitative estimate of drug-likeness (QED) is 0.462. The molecule has 2 heteroatoms. The first-order valence-electron chi connectivity index (χ1n) is 4.00. The molecule has 0 saturated carbocycles. The fraction of sp³-hybridized carbons (Fsp3) is 0.667. The van der Waals surface area contributed by atoms with E-state index in [4.69, 9.17) is 6.42 Å². The molecule has 2 nitrogen and oxygen atoms in total. The van der Waals surface area contributed by atoms with Crippen LogP contribution in [-0.4, -0.2) is 18.9 Å². The standard InChI is InChI=1S/C9H13NO/c1-2-4-9-8(7-11)5-3-6-10-9/h1,7-10H,3-6H2. The fourth-order valence-corrected chi connectivity index (χ4v) is 1.49. The molecule has 1 saturated heterocycles. The first-order valence-corrected chi connectivity index (χ1v) is 4.00. The molecule has 1 aliphatic rings. The summed E-state index contributed by atoms with van der Waals surface area (Å²) in [5, 5.41) is 3.25. The molecule has 1 rings (SSSR count). The Bertz CT molecular complexity index is 171. The Morgan fingerprint density at radius 1 is 1.73 bits per heavy atom. The Labute approximate surface area is 67.4 Å². The van der Waals surface area contributed by atoms with Crippen LogP contribution in [0.25, 0.3) is 0 Å². The molecule has 2 unspecified atom stereocenters. The molecule has 1 N–H and O–H groups in total. The number of piperidine rings is 1. The number of rotatable bonds is 2. The van der Waals surface area contributed by atoms with Crippen molar-refractivity contribution in [1.82, 2.24) is 5.32 Å². The van der Waals surface area contributed by atoms with Crippen LogP contribution in [0.4, 0.5) is 0 Å². The maximum Gasteiger partial charge on any atom is 0.124 e. The number of terminal acetylenes is 1. The molecular weight excluding hydrogens is 138 g/mol. The summed E-state index contributed by atoms with van der Waals surface area (Å²) >= 11 is 0. The van der Waals surface area contributed by atoms with E-state index in [1.807, 2.05) is 0 Å². The number of hydrogen-bond donors (Lipinski definition) is 1. The predicted octanol–water partition coefficient (Wildman–Crippen LogP) is 0.577. The highest BCUT2D eigenvalue weighted by Gasteiger charge is 2.22. The summed E-state index contributed by atoms with van der Waals surface area (Å²) < 4.78 is 0. The van der Waals surface area contributed by atoms with Crippen LogP contribution in [0.2, 0.25) is 0 Å². The van der Waals surface area contributed by atoms with Crippen molar-refractivity contribution < 1.29 is 4.79 Å². The zero-order valence-corrected chi connectivity index (χ0v) is 6.55. The van der Waals surface area contributed by atoms with Crippen LogP contribution in [-0.2, 0) is 4.79 Å². The van der Waals surface area contributed by atoms with E-state index in [2.05, 4.69) is 11.2 Å². The Kier molecular flexibility index (Phi) is 3.13. The van der Waals surface area contributed by atoms with Crippen molar-refractivity contribution in [3.8, 4) is 12.3 Å². The second-order valence-corrected chi connectivity index (χ2v) is 2.91. The number of aldehydes is 1. The average molecular weight is 151 g/mol. The number of carbonyl (C=O) groups is 1. The van der Waals surface area contributed by atoms with Crippen LogP contribution in [0.1, 0.15) is 19.3 Å². The van der Waals surface area contributed by atoms with Gasteiger partial charge in [0, 0.05) is 18.4 Å².